The molecule has 0 spiro atoms. The third-order valence-electron chi connectivity index (χ3n) is 4.49. The van der Waals surface area contributed by atoms with E-state index in [1.165, 1.54) is 25.9 Å². The molecule has 2 saturated heterocycles. The number of rotatable bonds is 6. The summed E-state index contributed by atoms with van der Waals surface area (Å²) in [6.45, 7) is 7.09. The van der Waals surface area contributed by atoms with E-state index >= 15 is 0 Å². The Morgan fingerprint density at radius 2 is 2.05 bits per heavy atom. The number of hydrogen-bond acceptors (Lipinski definition) is 4. The van der Waals surface area contributed by atoms with Crippen LogP contribution in [0.25, 0.3) is 0 Å². The quantitative estimate of drug-likeness (QED) is 0.705. The van der Waals surface area contributed by atoms with Crippen LogP contribution in [0.5, 0.6) is 0 Å². The molecule has 0 aliphatic carbocycles. The number of carbonyl (C=O) groups is 1. The monoisotopic (exact) mass is 283 g/mol. The molecule has 0 radical (unpaired) electrons. The molecular weight excluding hydrogens is 254 g/mol. The van der Waals surface area contributed by atoms with Crippen molar-refractivity contribution in [1.29, 1.82) is 0 Å². The SMILES string of the molecule is CC1CCN(CCCNC(=O)C2CCC(CN)O2)CC1. The van der Waals surface area contributed by atoms with Gasteiger partial charge in [-0.1, -0.05) is 6.92 Å². The Labute approximate surface area is 122 Å². The number of amides is 1. The zero-order valence-corrected chi connectivity index (χ0v) is 12.6. The van der Waals surface area contributed by atoms with E-state index in [0.29, 0.717) is 6.54 Å². The minimum atomic E-state index is -0.278. The third kappa shape index (κ3) is 4.72. The van der Waals surface area contributed by atoms with Crippen LogP contribution in [0.15, 0.2) is 0 Å². The first-order chi connectivity index (χ1) is 9.69. The highest BCUT2D eigenvalue weighted by Gasteiger charge is 2.29. The highest BCUT2D eigenvalue weighted by Crippen LogP contribution is 2.19. The van der Waals surface area contributed by atoms with Crippen molar-refractivity contribution >= 4 is 5.91 Å². The van der Waals surface area contributed by atoms with E-state index in [1.54, 1.807) is 0 Å². The highest BCUT2D eigenvalue weighted by molar-refractivity contribution is 5.80. The van der Waals surface area contributed by atoms with Crippen molar-refractivity contribution in [3.05, 3.63) is 0 Å². The lowest BCUT2D eigenvalue weighted by Crippen LogP contribution is -2.38. The van der Waals surface area contributed by atoms with Crippen molar-refractivity contribution in [2.24, 2.45) is 11.7 Å². The van der Waals surface area contributed by atoms with Crippen molar-refractivity contribution in [2.45, 2.75) is 51.2 Å². The number of nitrogens with two attached hydrogens (primary N) is 1. The van der Waals surface area contributed by atoms with Gasteiger partial charge < -0.3 is 20.7 Å². The molecule has 1 amide bonds. The predicted molar refractivity (Wildman–Crippen MR) is 79.4 cm³/mol. The van der Waals surface area contributed by atoms with Gasteiger partial charge in [0.1, 0.15) is 6.10 Å². The predicted octanol–water partition coefficient (Wildman–Crippen LogP) is 0.731. The Hall–Kier alpha value is -0.650. The third-order valence-corrected chi connectivity index (χ3v) is 4.49. The van der Waals surface area contributed by atoms with Gasteiger partial charge in [0.15, 0.2) is 0 Å². The van der Waals surface area contributed by atoms with E-state index in [1.807, 2.05) is 0 Å². The van der Waals surface area contributed by atoms with Gasteiger partial charge in [0.2, 0.25) is 5.91 Å². The Kier molecular flexibility index (Phi) is 6.26. The van der Waals surface area contributed by atoms with E-state index in [0.717, 1.165) is 38.3 Å². The summed E-state index contributed by atoms with van der Waals surface area (Å²) in [5, 5.41) is 2.99. The number of ether oxygens (including phenoxy) is 1. The molecule has 2 unspecified atom stereocenters. The van der Waals surface area contributed by atoms with Crippen molar-refractivity contribution in [1.82, 2.24) is 10.2 Å². The Bertz CT molecular complexity index is 303. The molecule has 0 aromatic rings. The van der Waals surface area contributed by atoms with Gasteiger partial charge >= 0.3 is 0 Å². The number of likely N-dealkylation sites (tertiary alicyclic amines) is 1. The number of carbonyl (C=O) groups excluding carboxylic acids is 1. The molecule has 2 aliphatic heterocycles. The molecule has 5 heteroatoms. The zero-order chi connectivity index (χ0) is 14.4. The standard InChI is InChI=1S/C15H29N3O2/c1-12-5-9-18(10-6-12)8-2-7-17-15(19)14-4-3-13(11-16)20-14/h12-14H,2-11,16H2,1H3,(H,17,19). The van der Waals surface area contributed by atoms with Gasteiger partial charge in [-0.15, -0.1) is 0 Å². The lowest BCUT2D eigenvalue weighted by Gasteiger charge is -2.30. The molecule has 2 rings (SSSR count). The van der Waals surface area contributed by atoms with Crippen LogP contribution in [0, 0.1) is 5.92 Å². The molecule has 0 aromatic heterocycles. The van der Waals surface area contributed by atoms with Gasteiger partial charge in [0.05, 0.1) is 6.10 Å². The summed E-state index contributed by atoms with van der Waals surface area (Å²) in [7, 11) is 0. The summed E-state index contributed by atoms with van der Waals surface area (Å²) in [5.74, 6) is 0.911. The molecule has 2 aliphatic rings. The minimum absolute atomic E-state index is 0.0354. The fourth-order valence-corrected chi connectivity index (χ4v) is 2.99. The van der Waals surface area contributed by atoms with E-state index in [-0.39, 0.29) is 18.1 Å². The Balaban J connectivity index is 1.53. The Morgan fingerprint density at radius 1 is 1.30 bits per heavy atom. The topological polar surface area (TPSA) is 67.6 Å². The number of hydrogen-bond donors (Lipinski definition) is 2. The first-order valence-corrected chi connectivity index (χ1v) is 8.04. The number of nitrogens with zero attached hydrogens (tertiary/aromatic N) is 1. The smallest absolute Gasteiger partial charge is 0.249 e. The maximum absolute atomic E-state index is 11.9. The van der Waals surface area contributed by atoms with Crippen LogP contribution < -0.4 is 11.1 Å². The van der Waals surface area contributed by atoms with Gasteiger partial charge in [-0.05, 0) is 57.7 Å². The average Bonchev–Trinajstić information content (AvgIpc) is 2.94. The second-order valence-corrected chi connectivity index (χ2v) is 6.23. The summed E-state index contributed by atoms with van der Waals surface area (Å²) in [4.78, 5) is 14.4. The van der Waals surface area contributed by atoms with Gasteiger partial charge in [-0.2, -0.15) is 0 Å². The van der Waals surface area contributed by atoms with Crippen molar-refractivity contribution in [3.63, 3.8) is 0 Å². The van der Waals surface area contributed by atoms with Gasteiger partial charge in [-0.25, -0.2) is 0 Å². The van der Waals surface area contributed by atoms with Gasteiger partial charge in [0.25, 0.3) is 0 Å². The maximum atomic E-state index is 11.9. The normalized spacial score (nSPS) is 28.7. The number of nitrogens with one attached hydrogen (secondary N) is 1. The van der Waals surface area contributed by atoms with Crippen LogP contribution in [0.1, 0.15) is 39.0 Å². The summed E-state index contributed by atoms with van der Waals surface area (Å²) < 4.78 is 5.58. The van der Waals surface area contributed by atoms with E-state index < -0.39 is 0 Å². The molecule has 0 bridgehead atoms. The first kappa shape index (κ1) is 15.7. The molecule has 0 aromatic carbocycles. The molecule has 5 nitrogen and oxygen atoms in total. The summed E-state index contributed by atoms with van der Waals surface area (Å²) in [6, 6.07) is 0. The van der Waals surface area contributed by atoms with E-state index in [2.05, 4.69) is 17.1 Å². The van der Waals surface area contributed by atoms with E-state index in [4.69, 9.17) is 10.5 Å². The van der Waals surface area contributed by atoms with Crippen molar-refractivity contribution < 1.29 is 9.53 Å². The summed E-state index contributed by atoms with van der Waals surface area (Å²) in [5.41, 5.74) is 5.55. The minimum Gasteiger partial charge on any atom is -0.364 e. The molecule has 2 heterocycles. The molecule has 0 saturated carbocycles. The van der Waals surface area contributed by atoms with Crippen molar-refractivity contribution in [3.8, 4) is 0 Å². The van der Waals surface area contributed by atoms with Crippen LogP contribution in [0.2, 0.25) is 0 Å². The van der Waals surface area contributed by atoms with Crippen LogP contribution in [-0.4, -0.2) is 55.7 Å². The average molecular weight is 283 g/mol. The molecule has 2 atom stereocenters. The second-order valence-electron chi connectivity index (χ2n) is 6.23. The second kappa shape index (κ2) is 7.96. The molecular formula is C15H29N3O2. The van der Waals surface area contributed by atoms with E-state index in [9.17, 15) is 4.79 Å². The lowest BCUT2D eigenvalue weighted by molar-refractivity contribution is -0.131. The van der Waals surface area contributed by atoms with Crippen LogP contribution in [-0.2, 0) is 9.53 Å². The van der Waals surface area contributed by atoms with Crippen LogP contribution in [0.4, 0.5) is 0 Å². The summed E-state index contributed by atoms with van der Waals surface area (Å²) >= 11 is 0. The summed E-state index contributed by atoms with van der Waals surface area (Å²) in [6.07, 6.45) is 5.14. The Morgan fingerprint density at radius 3 is 2.70 bits per heavy atom. The molecule has 116 valence electrons. The first-order valence-electron chi connectivity index (χ1n) is 8.04. The van der Waals surface area contributed by atoms with Crippen LogP contribution in [0.3, 0.4) is 0 Å². The molecule has 20 heavy (non-hydrogen) atoms. The number of piperidine rings is 1. The fraction of sp³-hybridized carbons (Fsp3) is 0.933. The molecule has 3 N–H and O–H groups in total. The van der Waals surface area contributed by atoms with Crippen molar-refractivity contribution in [2.75, 3.05) is 32.7 Å². The maximum Gasteiger partial charge on any atom is 0.249 e. The zero-order valence-electron chi connectivity index (χ0n) is 12.6. The van der Waals surface area contributed by atoms with Gasteiger partial charge in [0, 0.05) is 13.1 Å². The fourth-order valence-electron chi connectivity index (χ4n) is 2.99. The molecule has 2 fully saturated rings. The lowest BCUT2D eigenvalue weighted by atomic mass is 9.99. The highest BCUT2D eigenvalue weighted by atomic mass is 16.5. The largest absolute Gasteiger partial charge is 0.364 e. The van der Waals surface area contributed by atoms with Gasteiger partial charge in [-0.3, -0.25) is 4.79 Å². The van der Waals surface area contributed by atoms with Crippen LogP contribution >= 0.6 is 0 Å².